The molecule has 0 saturated carbocycles. The van der Waals surface area contributed by atoms with Gasteiger partial charge in [0.25, 0.3) is 0 Å². The molecule has 0 N–H and O–H groups in total. The van der Waals surface area contributed by atoms with Gasteiger partial charge >= 0.3 is 0 Å². The van der Waals surface area contributed by atoms with Gasteiger partial charge in [-0.05, 0) is 0 Å². The monoisotopic (exact) mass is 505 g/mol. The lowest BCUT2D eigenvalue weighted by Crippen LogP contribution is -1.47. The molecule has 0 aliphatic rings. The maximum Gasteiger partial charge on any atom is -0.0623 e. The van der Waals surface area contributed by atoms with Crippen molar-refractivity contribution in [1.82, 2.24) is 0 Å². The first-order chi connectivity index (χ1) is 18.0. The highest BCUT2D eigenvalue weighted by Crippen LogP contribution is 1.81. The predicted octanol–water partition coefficient (Wildman–Crippen LogP) is 14.3. The SMILES string of the molecule is CC.CC.CC.CC.CC.CC.CC.CC.CC.c1ccccc1.c1ccccc1.c1ccccc1. The van der Waals surface area contributed by atoms with E-state index in [2.05, 4.69) is 0 Å². The van der Waals surface area contributed by atoms with Gasteiger partial charge in [-0.25, -0.2) is 0 Å². The predicted molar refractivity (Wildman–Crippen MR) is 181 cm³/mol. The smallest absolute Gasteiger partial charge is 0.0623 e. The molecular formula is C36H72. The minimum atomic E-state index is 2.00. The second-order valence-electron chi connectivity index (χ2n) is 3.46. The van der Waals surface area contributed by atoms with Crippen LogP contribution in [0.15, 0.2) is 109 Å². The summed E-state index contributed by atoms with van der Waals surface area (Å²) in [6.07, 6.45) is 0. The Labute approximate surface area is 233 Å². The van der Waals surface area contributed by atoms with Crippen molar-refractivity contribution in [3.05, 3.63) is 109 Å². The summed E-state index contributed by atoms with van der Waals surface area (Å²) >= 11 is 0. The molecular weight excluding hydrogens is 432 g/mol. The molecule has 0 atom stereocenters. The zero-order chi connectivity index (χ0) is 30.7. The second kappa shape index (κ2) is 133. The van der Waals surface area contributed by atoms with Gasteiger partial charge in [0.15, 0.2) is 0 Å². The molecule has 3 rings (SSSR count). The van der Waals surface area contributed by atoms with Gasteiger partial charge in [-0.3, -0.25) is 0 Å². The molecule has 216 valence electrons. The van der Waals surface area contributed by atoms with E-state index in [1.165, 1.54) is 0 Å². The number of hydrogen-bond acceptors (Lipinski definition) is 0. The zero-order valence-corrected chi connectivity index (χ0v) is 28.4. The van der Waals surface area contributed by atoms with Crippen LogP contribution in [0.1, 0.15) is 125 Å². The van der Waals surface area contributed by atoms with Crippen LogP contribution in [-0.4, -0.2) is 0 Å². The third-order valence-corrected chi connectivity index (χ3v) is 2.00. The van der Waals surface area contributed by atoms with Crippen molar-refractivity contribution in [2.75, 3.05) is 0 Å². The topological polar surface area (TPSA) is 0 Å². The number of benzene rings is 3. The first-order valence-electron chi connectivity index (χ1n) is 15.0. The van der Waals surface area contributed by atoms with Gasteiger partial charge in [0.2, 0.25) is 0 Å². The van der Waals surface area contributed by atoms with E-state index in [1.54, 1.807) is 0 Å². The molecule has 0 aliphatic heterocycles. The fourth-order valence-corrected chi connectivity index (χ4v) is 1.15. The van der Waals surface area contributed by atoms with Crippen molar-refractivity contribution in [3.8, 4) is 0 Å². The summed E-state index contributed by atoms with van der Waals surface area (Å²) in [6.45, 7) is 36.0. The van der Waals surface area contributed by atoms with E-state index in [0.29, 0.717) is 0 Å². The number of hydrogen-bond donors (Lipinski definition) is 0. The zero-order valence-electron chi connectivity index (χ0n) is 28.4. The highest BCUT2D eigenvalue weighted by atomic mass is 13.7. The van der Waals surface area contributed by atoms with Crippen LogP contribution in [0.4, 0.5) is 0 Å². The quantitative estimate of drug-likeness (QED) is 0.285. The van der Waals surface area contributed by atoms with Gasteiger partial charge in [0, 0.05) is 0 Å². The Bertz CT molecular complexity index is 291. The van der Waals surface area contributed by atoms with Crippen LogP contribution in [-0.2, 0) is 0 Å². The van der Waals surface area contributed by atoms with Gasteiger partial charge in [-0.2, -0.15) is 0 Å². The maximum atomic E-state index is 2.00. The van der Waals surface area contributed by atoms with Crippen LogP contribution in [0.5, 0.6) is 0 Å². The van der Waals surface area contributed by atoms with E-state index >= 15 is 0 Å². The molecule has 0 radical (unpaired) electrons. The largest absolute Gasteiger partial charge is 0.0683 e. The van der Waals surface area contributed by atoms with Crippen LogP contribution in [0.25, 0.3) is 0 Å². The molecule has 36 heavy (non-hydrogen) atoms. The highest BCUT2D eigenvalue weighted by Gasteiger charge is 1.59. The van der Waals surface area contributed by atoms with Gasteiger partial charge in [-0.1, -0.05) is 234 Å². The van der Waals surface area contributed by atoms with Crippen LogP contribution >= 0.6 is 0 Å². The lowest BCUT2D eigenvalue weighted by atomic mass is 10.4. The van der Waals surface area contributed by atoms with E-state index in [0.717, 1.165) is 0 Å². The molecule has 0 bridgehead atoms. The van der Waals surface area contributed by atoms with Crippen molar-refractivity contribution in [2.24, 2.45) is 0 Å². The van der Waals surface area contributed by atoms with Gasteiger partial charge in [0.05, 0.1) is 0 Å². The molecule has 3 aromatic carbocycles. The fraction of sp³-hybridized carbons (Fsp3) is 0.500. The van der Waals surface area contributed by atoms with Crippen molar-refractivity contribution in [1.29, 1.82) is 0 Å². The van der Waals surface area contributed by atoms with E-state index in [4.69, 9.17) is 0 Å². The van der Waals surface area contributed by atoms with Crippen molar-refractivity contribution in [3.63, 3.8) is 0 Å². The maximum absolute atomic E-state index is 2.00. The van der Waals surface area contributed by atoms with Crippen LogP contribution in [0, 0.1) is 0 Å². The summed E-state index contributed by atoms with van der Waals surface area (Å²) in [6, 6.07) is 36.0. The van der Waals surface area contributed by atoms with Gasteiger partial charge < -0.3 is 0 Å². The van der Waals surface area contributed by atoms with Crippen LogP contribution in [0.3, 0.4) is 0 Å². The Morgan fingerprint density at radius 3 is 0.167 bits per heavy atom. The second-order valence-corrected chi connectivity index (χ2v) is 3.46. The normalized spacial score (nSPS) is 5.50. The van der Waals surface area contributed by atoms with Crippen molar-refractivity contribution in [2.45, 2.75) is 125 Å². The lowest BCUT2D eigenvalue weighted by Gasteiger charge is -1.69. The van der Waals surface area contributed by atoms with Crippen LogP contribution < -0.4 is 0 Å². The van der Waals surface area contributed by atoms with Crippen LogP contribution in [0.2, 0.25) is 0 Å². The fourth-order valence-electron chi connectivity index (χ4n) is 1.15. The summed E-state index contributed by atoms with van der Waals surface area (Å²) in [4.78, 5) is 0. The van der Waals surface area contributed by atoms with E-state index in [-0.39, 0.29) is 0 Å². The standard InChI is InChI=1S/3C6H6.9C2H6/c3*1-2-4-6-5-3-1;9*1-2/h3*1-6H;9*1-2H3. The minimum absolute atomic E-state index is 2.00. The summed E-state index contributed by atoms with van der Waals surface area (Å²) in [5.74, 6) is 0. The van der Waals surface area contributed by atoms with Gasteiger partial charge in [0.1, 0.15) is 0 Å². The Hall–Kier alpha value is -2.34. The molecule has 0 heterocycles. The molecule has 0 spiro atoms. The summed E-state index contributed by atoms with van der Waals surface area (Å²) in [5.41, 5.74) is 0. The summed E-state index contributed by atoms with van der Waals surface area (Å²) in [7, 11) is 0. The average Bonchev–Trinajstić information content (AvgIpc) is 3.09. The molecule has 0 saturated heterocycles. The molecule has 0 heteroatoms. The molecule has 0 nitrogen and oxygen atoms in total. The molecule has 0 fully saturated rings. The third-order valence-electron chi connectivity index (χ3n) is 2.00. The minimum Gasteiger partial charge on any atom is -0.0683 e. The van der Waals surface area contributed by atoms with E-state index in [9.17, 15) is 0 Å². The van der Waals surface area contributed by atoms with E-state index < -0.39 is 0 Å². The summed E-state index contributed by atoms with van der Waals surface area (Å²) < 4.78 is 0. The molecule has 0 unspecified atom stereocenters. The summed E-state index contributed by atoms with van der Waals surface area (Å²) in [5, 5.41) is 0. The Morgan fingerprint density at radius 2 is 0.139 bits per heavy atom. The first-order valence-corrected chi connectivity index (χ1v) is 15.0. The molecule has 0 aliphatic carbocycles. The Kier molecular flexibility index (Phi) is 219. The van der Waals surface area contributed by atoms with Crippen molar-refractivity contribution >= 4 is 0 Å². The first kappa shape index (κ1) is 59.0. The molecule has 0 amide bonds. The van der Waals surface area contributed by atoms with Crippen molar-refractivity contribution < 1.29 is 0 Å². The lowest BCUT2D eigenvalue weighted by molar-refractivity contribution is 1.50. The van der Waals surface area contributed by atoms with Gasteiger partial charge in [-0.15, -0.1) is 0 Å². The molecule has 3 aromatic rings. The third kappa shape index (κ3) is 121. The van der Waals surface area contributed by atoms with E-state index in [1.807, 2.05) is 234 Å². The Balaban J connectivity index is -0.0000000334. The highest BCUT2D eigenvalue weighted by molar-refractivity contribution is 5.00. The molecule has 0 aromatic heterocycles. The number of rotatable bonds is 0. The Morgan fingerprint density at radius 1 is 0.111 bits per heavy atom. The average molecular weight is 505 g/mol.